The van der Waals surface area contributed by atoms with Crippen molar-refractivity contribution < 1.29 is 18.8 Å². The van der Waals surface area contributed by atoms with E-state index >= 15 is 0 Å². The molecule has 154 valence electrons. The minimum absolute atomic E-state index is 0.0249. The van der Waals surface area contributed by atoms with E-state index in [1.54, 1.807) is 36.4 Å². The van der Waals surface area contributed by atoms with E-state index in [4.69, 9.17) is 37.1 Å². The first-order valence-corrected chi connectivity index (χ1v) is 9.71. The van der Waals surface area contributed by atoms with E-state index in [-0.39, 0.29) is 12.5 Å². The predicted molar refractivity (Wildman–Crippen MR) is 116 cm³/mol. The van der Waals surface area contributed by atoms with Gasteiger partial charge in [-0.15, -0.1) is 0 Å². The fourth-order valence-electron chi connectivity index (χ4n) is 3.10. The second kappa shape index (κ2) is 7.57. The molecule has 1 aromatic heterocycles. The van der Waals surface area contributed by atoms with Crippen molar-refractivity contribution in [1.82, 2.24) is 4.98 Å². The first-order valence-electron chi connectivity index (χ1n) is 8.96. The summed E-state index contributed by atoms with van der Waals surface area (Å²) in [4.78, 5) is 19.7. The van der Waals surface area contributed by atoms with Gasteiger partial charge in [0.1, 0.15) is 5.52 Å². The average Bonchev–Trinajstić information content (AvgIpc) is 3.39. The second-order valence-corrected chi connectivity index (χ2v) is 7.39. The maximum Gasteiger partial charge on any atom is 0.282 e. The summed E-state index contributed by atoms with van der Waals surface area (Å²) in [6, 6.07) is 13.1. The summed E-state index contributed by atoms with van der Waals surface area (Å²) in [5, 5.41) is 12.2. The molecule has 2 heterocycles. The van der Waals surface area contributed by atoms with Crippen molar-refractivity contribution >= 4 is 51.9 Å². The van der Waals surface area contributed by atoms with Crippen molar-refractivity contribution in [2.75, 3.05) is 6.79 Å². The molecule has 0 N–H and O–H groups in total. The topological polar surface area (TPSA) is 100.0 Å². The van der Waals surface area contributed by atoms with Crippen LogP contribution in [0.5, 0.6) is 11.5 Å². The standard InChI is InChI=1S/C21H11Cl2N3O5/c22-14-3-1-11(5-15(14)23)21-25-16-7-13(2-4-18(16)31-21)24-9-12-6-19-20(30-10-29-19)8-17(12)26(27)28/h1-9H,10H2. The van der Waals surface area contributed by atoms with E-state index in [1.807, 2.05) is 0 Å². The van der Waals surface area contributed by atoms with Gasteiger partial charge in [0.15, 0.2) is 17.1 Å². The van der Waals surface area contributed by atoms with Crippen LogP contribution in [0.3, 0.4) is 0 Å². The number of hydrogen-bond donors (Lipinski definition) is 0. The fraction of sp³-hybridized carbons (Fsp3) is 0.0476. The highest BCUT2D eigenvalue weighted by atomic mass is 35.5. The van der Waals surface area contributed by atoms with E-state index in [0.717, 1.165) is 0 Å². The third-order valence-corrected chi connectivity index (χ3v) is 5.35. The molecule has 0 radical (unpaired) electrons. The minimum Gasteiger partial charge on any atom is -0.454 e. The lowest BCUT2D eigenvalue weighted by molar-refractivity contribution is -0.385. The van der Waals surface area contributed by atoms with Crippen LogP contribution in [-0.4, -0.2) is 22.9 Å². The highest BCUT2D eigenvalue weighted by Gasteiger charge is 2.22. The van der Waals surface area contributed by atoms with E-state index in [9.17, 15) is 10.1 Å². The zero-order valence-corrected chi connectivity index (χ0v) is 17.1. The quantitative estimate of drug-likeness (QED) is 0.206. The lowest BCUT2D eigenvalue weighted by Gasteiger charge is -2.00. The molecule has 0 atom stereocenters. The van der Waals surface area contributed by atoms with Crippen LogP contribution in [0.25, 0.3) is 22.6 Å². The van der Waals surface area contributed by atoms with E-state index < -0.39 is 4.92 Å². The van der Waals surface area contributed by atoms with Crippen molar-refractivity contribution in [2.24, 2.45) is 4.99 Å². The van der Waals surface area contributed by atoms with Crippen molar-refractivity contribution in [2.45, 2.75) is 0 Å². The number of nitro groups is 1. The van der Waals surface area contributed by atoms with Crippen LogP contribution in [0.2, 0.25) is 10.0 Å². The minimum atomic E-state index is -0.492. The first kappa shape index (κ1) is 19.3. The molecule has 1 aliphatic heterocycles. The summed E-state index contributed by atoms with van der Waals surface area (Å²) in [5.41, 5.74) is 2.55. The van der Waals surface area contributed by atoms with Gasteiger partial charge >= 0.3 is 0 Å². The number of fused-ring (bicyclic) bond motifs is 2. The molecule has 5 rings (SSSR count). The van der Waals surface area contributed by atoms with Gasteiger partial charge < -0.3 is 13.9 Å². The number of aliphatic imine (C=N–C) groups is 1. The van der Waals surface area contributed by atoms with Crippen LogP contribution < -0.4 is 9.47 Å². The van der Waals surface area contributed by atoms with Crippen molar-refractivity contribution in [1.29, 1.82) is 0 Å². The van der Waals surface area contributed by atoms with Gasteiger partial charge in [0.05, 0.1) is 32.3 Å². The second-order valence-electron chi connectivity index (χ2n) is 6.58. The van der Waals surface area contributed by atoms with E-state index in [2.05, 4.69) is 9.98 Å². The third kappa shape index (κ3) is 3.67. The normalized spacial score (nSPS) is 12.7. The Hall–Kier alpha value is -3.62. The van der Waals surface area contributed by atoms with Gasteiger partial charge in [-0.2, -0.15) is 0 Å². The van der Waals surface area contributed by atoms with Gasteiger partial charge in [-0.05, 0) is 42.5 Å². The van der Waals surface area contributed by atoms with Gasteiger partial charge in [0.2, 0.25) is 12.7 Å². The molecule has 10 heteroatoms. The molecule has 4 aromatic rings. The Morgan fingerprint density at radius 1 is 1.03 bits per heavy atom. The molecule has 0 fully saturated rings. The Bertz CT molecular complexity index is 1380. The summed E-state index contributed by atoms with van der Waals surface area (Å²) < 4.78 is 16.3. The molecule has 0 saturated heterocycles. The maximum absolute atomic E-state index is 11.4. The van der Waals surface area contributed by atoms with Crippen molar-refractivity contribution in [3.63, 3.8) is 0 Å². The van der Waals surface area contributed by atoms with Crippen LogP contribution in [0, 0.1) is 10.1 Å². The third-order valence-electron chi connectivity index (χ3n) is 4.61. The molecule has 1 aliphatic rings. The predicted octanol–water partition coefficient (Wildman–Crippen LogP) is 6.19. The van der Waals surface area contributed by atoms with Crippen LogP contribution in [0.4, 0.5) is 11.4 Å². The first-order chi connectivity index (χ1) is 15.0. The summed E-state index contributed by atoms with van der Waals surface area (Å²) in [6.45, 7) is 0.0249. The molecule has 0 amide bonds. The maximum atomic E-state index is 11.4. The Kier molecular flexibility index (Phi) is 4.72. The molecule has 31 heavy (non-hydrogen) atoms. The highest BCUT2D eigenvalue weighted by molar-refractivity contribution is 6.42. The number of aromatic nitrogens is 1. The summed E-state index contributed by atoms with van der Waals surface area (Å²) in [6.07, 6.45) is 1.40. The molecule has 0 saturated carbocycles. The van der Waals surface area contributed by atoms with E-state index in [1.165, 1.54) is 18.3 Å². The number of nitrogens with zero attached hydrogens (tertiary/aromatic N) is 3. The monoisotopic (exact) mass is 455 g/mol. The Morgan fingerprint density at radius 3 is 2.61 bits per heavy atom. The molecule has 0 bridgehead atoms. The number of benzene rings is 3. The summed E-state index contributed by atoms with van der Waals surface area (Å²) in [7, 11) is 0. The van der Waals surface area contributed by atoms with Crippen molar-refractivity contribution in [3.8, 4) is 23.0 Å². The highest BCUT2D eigenvalue weighted by Crippen LogP contribution is 2.37. The lowest BCUT2D eigenvalue weighted by atomic mass is 10.1. The van der Waals surface area contributed by atoms with Gasteiger partial charge in [0, 0.05) is 11.8 Å². The molecular weight excluding hydrogens is 445 g/mol. The van der Waals surface area contributed by atoms with Crippen LogP contribution in [0.15, 0.2) is 57.9 Å². The number of hydrogen-bond acceptors (Lipinski definition) is 7. The van der Waals surface area contributed by atoms with Gasteiger partial charge in [-0.3, -0.25) is 15.1 Å². The number of halogens is 2. The fourth-order valence-corrected chi connectivity index (χ4v) is 3.40. The zero-order valence-electron chi connectivity index (χ0n) is 15.5. The zero-order chi connectivity index (χ0) is 21.5. The Balaban J connectivity index is 1.48. The number of ether oxygens (including phenoxy) is 2. The molecular formula is C21H11Cl2N3O5. The van der Waals surface area contributed by atoms with E-state index in [0.29, 0.717) is 55.3 Å². The van der Waals surface area contributed by atoms with Crippen molar-refractivity contribution in [3.05, 3.63) is 74.3 Å². The summed E-state index contributed by atoms with van der Waals surface area (Å²) >= 11 is 12.0. The molecule has 0 spiro atoms. The largest absolute Gasteiger partial charge is 0.454 e. The Morgan fingerprint density at radius 2 is 1.84 bits per heavy atom. The van der Waals surface area contributed by atoms with Gasteiger partial charge in [-0.1, -0.05) is 23.2 Å². The van der Waals surface area contributed by atoms with Crippen LogP contribution >= 0.6 is 23.2 Å². The van der Waals surface area contributed by atoms with Crippen LogP contribution in [-0.2, 0) is 0 Å². The number of oxazole rings is 1. The average molecular weight is 456 g/mol. The number of rotatable bonds is 4. The molecule has 8 nitrogen and oxygen atoms in total. The Labute approximate surface area is 184 Å². The SMILES string of the molecule is O=[N+]([O-])c1cc2c(cc1C=Nc1ccc3oc(-c4ccc(Cl)c(Cl)c4)nc3c1)OCO2. The van der Waals surface area contributed by atoms with Gasteiger partial charge in [-0.25, -0.2) is 4.98 Å². The van der Waals surface area contributed by atoms with Gasteiger partial charge in [0.25, 0.3) is 5.69 Å². The molecule has 0 unspecified atom stereocenters. The van der Waals surface area contributed by atoms with Crippen LogP contribution in [0.1, 0.15) is 5.56 Å². The number of nitro benzene ring substituents is 1. The molecule has 0 aliphatic carbocycles. The smallest absolute Gasteiger partial charge is 0.282 e. The lowest BCUT2D eigenvalue weighted by Crippen LogP contribution is -1.94. The summed E-state index contributed by atoms with van der Waals surface area (Å²) in [5.74, 6) is 1.16. The molecule has 3 aromatic carbocycles.